The lowest BCUT2D eigenvalue weighted by atomic mass is 10.3. The molecule has 1 aliphatic rings. The molecule has 1 aliphatic carbocycles. The fourth-order valence-electron chi connectivity index (χ4n) is 1.53. The van der Waals surface area contributed by atoms with E-state index >= 15 is 0 Å². The molecule has 2 aromatic rings. The largest absolute Gasteiger partial charge is 0.310 e. The second kappa shape index (κ2) is 4.55. The quantitative estimate of drug-likeness (QED) is 0.849. The molecule has 86 valence electrons. The lowest BCUT2D eigenvalue weighted by molar-refractivity contribution is 0.683. The van der Waals surface area contributed by atoms with Crippen molar-refractivity contribution >= 4 is 0 Å². The molecule has 0 amide bonds. The van der Waals surface area contributed by atoms with Gasteiger partial charge in [0.15, 0.2) is 11.6 Å². The van der Waals surface area contributed by atoms with Crippen LogP contribution in [0.5, 0.6) is 0 Å². The van der Waals surface area contributed by atoms with E-state index in [-0.39, 0.29) is 0 Å². The third-order valence-electron chi connectivity index (χ3n) is 2.64. The molecular weight excluding hydrogens is 214 g/mol. The maximum Gasteiger partial charge on any atom is 0.197 e. The molecule has 1 fully saturated rings. The maximum absolute atomic E-state index is 4.27. The van der Waals surface area contributed by atoms with Crippen molar-refractivity contribution in [3.05, 3.63) is 36.4 Å². The molecule has 0 atom stereocenters. The number of hydrogen-bond acceptors (Lipinski definition) is 5. The molecule has 5 heteroatoms. The van der Waals surface area contributed by atoms with Gasteiger partial charge in [0.05, 0.1) is 0 Å². The van der Waals surface area contributed by atoms with Gasteiger partial charge in [0.2, 0.25) is 0 Å². The van der Waals surface area contributed by atoms with Crippen LogP contribution in [0.2, 0.25) is 0 Å². The van der Waals surface area contributed by atoms with Crippen LogP contribution in [0.1, 0.15) is 18.4 Å². The molecule has 0 bridgehead atoms. The summed E-state index contributed by atoms with van der Waals surface area (Å²) in [6.45, 7) is 0.834. The van der Waals surface area contributed by atoms with Gasteiger partial charge in [-0.1, -0.05) is 0 Å². The van der Waals surface area contributed by atoms with Crippen LogP contribution >= 0.6 is 0 Å². The van der Waals surface area contributed by atoms with Crippen LogP contribution in [-0.4, -0.2) is 26.0 Å². The smallest absolute Gasteiger partial charge is 0.197 e. The minimum Gasteiger partial charge on any atom is -0.310 e. The molecule has 0 aromatic carbocycles. The van der Waals surface area contributed by atoms with Crippen LogP contribution in [0.25, 0.3) is 11.6 Å². The van der Waals surface area contributed by atoms with Crippen LogP contribution in [0.15, 0.2) is 30.9 Å². The number of hydrogen-bond donors (Lipinski definition) is 1. The molecule has 1 saturated carbocycles. The summed E-state index contributed by atoms with van der Waals surface area (Å²) in [7, 11) is 0. The second-order valence-corrected chi connectivity index (χ2v) is 4.14. The summed E-state index contributed by atoms with van der Waals surface area (Å²) in [6.07, 6.45) is 9.61. The Hall–Kier alpha value is -1.88. The van der Waals surface area contributed by atoms with E-state index in [4.69, 9.17) is 0 Å². The van der Waals surface area contributed by atoms with Gasteiger partial charge in [-0.3, -0.25) is 0 Å². The summed E-state index contributed by atoms with van der Waals surface area (Å²) < 4.78 is 0. The van der Waals surface area contributed by atoms with Crippen LogP contribution < -0.4 is 5.32 Å². The highest BCUT2D eigenvalue weighted by atomic mass is 15.0. The van der Waals surface area contributed by atoms with E-state index in [0.29, 0.717) is 17.7 Å². The van der Waals surface area contributed by atoms with Gasteiger partial charge in [-0.25, -0.2) is 19.9 Å². The summed E-state index contributed by atoms with van der Waals surface area (Å²) in [5.74, 6) is 1.13. The molecule has 0 unspecified atom stereocenters. The zero-order valence-corrected chi connectivity index (χ0v) is 9.37. The Morgan fingerprint density at radius 1 is 1.00 bits per heavy atom. The summed E-state index contributed by atoms with van der Waals surface area (Å²) >= 11 is 0. The van der Waals surface area contributed by atoms with Crippen LogP contribution in [0, 0.1) is 0 Å². The second-order valence-electron chi connectivity index (χ2n) is 4.14. The Labute approximate surface area is 99.4 Å². The predicted molar refractivity (Wildman–Crippen MR) is 62.9 cm³/mol. The average molecular weight is 227 g/mol. The first kappa shape index (κ1) is 10.3. The Kier molecular flexibility index (Phi) is 2.75. The predicted octanol–water partition coefficient (Wildman–Crippen LogP) is 1.19. The van der Waals surface area contributed by atoms with Crippen molar-refractivity contribution in [2.75, 3.05) is 0 Å². The first-order valence-electron chi connectivity index (χ1n) is 5.73. The van der Waals surface area contributed by atoms with E-state index in [1.807, 2.05) is 12.4 Å². The van der Waals surface area contributed by atoms with Crippen molar-refractivity contribution in [3.63, 3.8) is 0 Å². The molecule has 0 spiro atoms. The monoisotopic (exact) mass is 227 g/mol. The van der Waals surface area contributed by atoms with Crippen molar-refractivity contribution in [1.82, 2.24) is 25.3 Å². The molecule has 17 heavy (non-hydrogen) atoms. The first-order valence-corrected chi connectivity index (χ1v) is 5.73. The van der Waals surface area contributed by atoms with E-state index in [1.165, 1.54) is 12.8 Å². The van der Waals surface area contributed by atoms with E-state index in [9.17, 15) is 0 Å². The summed E-state index contributed by atoms with van der Waals surface area (Å²) in [6, 6.07) is 2.48. The van der Waals surface area contributed by atoms with E-state index in [2.05, 4.69) is 25.3 Å². The minimum absolute atomic E-state index is 0.564. The van der Waals surface area contributed by atoms with Crippen molar-refractivity contribution in [1.29, 1.82) is 0 Å². The van der Waals surface area contributed by atoms with Crippen molar-refractivity contribution in [3.8, 4) is 11.6 Å². The number of nitrogens with one attached hydrogen (secondary N) is 1. The fraction of sp³-hybridized carbons (Fsp3) is 0.333. The van der Waals surface area contributed by atoms with Gasteiger partial charge >= 0.3 is 0 Å². The summed E-state index contributed by atoms with van der Waals surface area (Å²) in [5.41, 5.74) is 1.09. The lowest BCUT2D eigenvalue weighted by Crippen LogP contribution is -2.15. The molecule has 0 aliphatic heterocycles. The molecule has 2 heterocycles. The van der Waals surface area contributed by atoms with E-state index in [1.54, 1.807) is 18.5 Å². The standard InChI is InChI=1S/C12H13N5/c1-4-13-11(14-5-1)12-16-7-9(8-17-12)6-15-10-2-3-10/h1,4-5,7-8,10,15H,2-3,6H2. The molecule has 2 aromatic heterocycles. The number of aromatic nitrogens is 4. The van der Waals surface area contributed by atoms with Crippen LogP contribution in [0.4, 0.5) is 0 Å². The third kappa shape index (κ3) is 2.62. The first-order chi connectivity index (χ1) is 8.42. The third-order valence-corrected chi connectivity index (χ3v) is 2.64. The van der Waals surface area contributed by atoms with Crippen LogP contribution in [0.3, 0.4) is 0 Å². The highest BCUT2D eigenvalue weighted by molar-refractivity contribution is 5.41. The van der Waals surface area contributed by atoms with E-state index < -0.39 is 0 Å². The van der Waals surface area contributed by atoms with Crippen molar-refractivity contribution in [2.45, 2.75) is 25.4 Å². The fourth-order valence-corrected chi connectivity index (χ4v) is 1.53. The Morgan fingerprint density at radius 3 is 2.29 bits per heavy atom. The van der Waals surface area contributed by atoms with Crippen molar-refractivity contribution in [2.24, 2.45) is 0 Å². The van der Waals surface area contributed by atoms with Gasteiger partial charge in [-0.05, 0) is 18.9 Å². The van der Waals surface area contributed by atoms with Gasteiger partial charge in [-0.2, -0.15) is 0 Å². The topological polar surface area (TPSA) is 63.6 Å². The maximum atomic E-state index is 4.27. The highest BCUT2D eigenvalue weighted by Gasteiger charge is 2.19. The van der Waals surface area contributed by atoms with Crippen LogP contribution in [-0.2, 0) is 6.54 Å². The SMILES string of the molecule is c1cnc(-c2ncc(CNC3CC3)cn2)nc1. The Bertz CT molecular complexity index is 478. The Morgan fingerprint density at radius 2 is 1.65 bits per heavy atom. The van der Waals surface area contributed by atoms with Gasteiger partial charge in [0.1, 0.15) is 0 Å². The molecule has 5 nitrogen and oxygen atoms in total. The summed E-state index contributed by atoms with van der Waals surface area (Å²) in [5, 5.41) is 3.42. The number of nitrogens with zero attached hydrogens (tertiary/aromatic N) is 4. The molecule has 0 radical (unpaired) electrons. The van der Waals surface area contributed by atoms with Gasteiger partial charge in [-0.15, -0.1) is 0 Å². The molecule has 1 N–H and O–H groups in total. The molecule has 3 rings (SSSR count). The molecule has 0 saturated heterocycles. The van der Waals surface area contributed by atoms with Gasteiger partial charge in [0, 0.05) is 42.9 Å². The lowest BCUT2D eigenvalue weighted by Gasteiger charge is -2.02. The van der Waals surface area contributed by atoms with Crippen molar-refractivity contribution < 1.29 is 0 Å². The zero-order valence-electron chi connectivity index (χ0n) is 9.37. The van der Waals surface area contributed by atoms with E-state index in [0.717, 1.165) is 12.1 Å². The average Bonchev–Trinajstić information content (AvgIpc) is 3.22. The van der Waals surface area contributed by atoms with Gasteiger partial charge in [0.25, 0.3) is 0 Å². The summed E-state index contributed by atoms with van der Waals surface area (Å²) in [4.78, 5) is 16.8. The minimum atomic E-state index is 0.564. The number of rotatable bonds is 4. The molecular formula is C12H13N5. The normalized spacial score (nSPS) is 14.8. The zero-order chi connectivity index (χ0) is 11.5. The highest BCUT2D eigenvalue weighted by Crippen LogP contribution is 2.19. The Balaban J connectivity index is 1.70. The van der Waals surface area contributed by atoms with Gasteiger partial charge < -0.3 is 5.32 Å².